The number of sulfone groups is 1. The fraction of sp³-hybridized carbons (Fsp3) is 0.371. The van der Waals surface area contributed by atoms with Crippen molar-refractivity contribution in [2.75, 3.05) is 22.9 Å². The standard InChI is InChI=1S/C35H42N4O8S/c1-5-48(45,46)29-16-15-26(19-25(29)21-37-34(44)47-35(2,3)4)38-30(40)8-6-7-22-9-11-24(12-10-22)31(33(42)43)39-27-14-13-23-17-18-36-32(41)28(23)20-27/h9-16,19-20,31,39H,5-8,17-18,21H2,1-4H3,(H,36,41)(H,37,44)(H,38,40)(H,42,43). The lowest BCUT2D eigenvalue weighted by molar-refractivity contribution is -0.138. The molecule has 1 unspecified atom stereocenters. The van der Waals surface area contributed by atoms with E-state index in [2.05, 4.69) is 21.3 Å². The number of anilines is 2. The molecule has 48 heavy (non-hydrogen) atoms. The highest BCUT2D eigenvalue weighted by atomic mass is 32.2. The van der Waals surface area contributed by atoms with Crippen LogP contribution in [0.4, 0.5) is 16.2 Å². The highest BCUT2D eigenvalue weighted by Gasteiger charge is 2.23. The molecule has 4 rings (SSSR count). The Morgan fingerprint density at radius 1 is 1.00 bits per heavy atom. The Hall–Kier alpha value is -4.91. The summed E-state index contributed by atoms with van der Waals surface area (Å²) in [6, 6.07) is 15.8. The van der Waals surface area contributed by atoms with Crippen molar-refractivity contribution >= 4 is 45.1 Å². The number of benzene rings is 3. The molecule has 3 aromatic rings. The van der Waals surface area contributed by atoms with Crippen molar-refractivity contribution in [3.05, 3.63) is 88.5 Å². The third kappa shape index (κ3) is 9.80. The second-order valence-electron chi connectivity index (χ2n) is 12.5. The number of alkyl carbamates (subject to hydrolysis) is 1. The van der Waals surface area contributed by atoms with Crippen LogP contribution in [0.25, 0.3) is 0 Å². The summed E-state index contributed by atoms with van der Waals surface area (Å²) >= 11 is 0. The number of aryl methyl sites for hydroxylation is 1. The Bertz CT molecular complexity index is 1780. The second kappa shape index (κ2) is 15.3. The minimum atomic E-state index is -3.59. The molecule has 1 heterocycles. The van der Waals surface area contributed by atoms with Gasteiger partial charge in [-0.05, 0) is 92.6 Å². The van der Waals surface area contributed by atoms with Crippen molar-refractivity contribution in [1.29, 1.82) is 0 Å². The molecule has 256 valence electrons. The topological polar surface area (TPSA) is 180 Å². The maximum absolute atomic E-state index is 12.8. The molecular weight excluding hydrogens is 636 g/mol. The first-order valence-electron chi connectivity index (χ1n) is 15.8. The number of carbonyl (C=O) groups is 4. The van der Waals surface area contributed by atoms with E-state index >= 15 is 0 Å². The average Bonchev–Trinajstić information content (AvgIpc) is 3.02. The Morgan fingerprint density at radius 3 is 2.38 bits per heavy atom. The maximum Gasteiger partial charge on any atom is 0.407 e. The fourth-order valence-corrected chi connectivity index (χ4v) is 6.36. The Morgan fingerprint density at radius 2 is 1.71 bits per heavy atom. The molecule has 0 aromatic heterocycles. The quantitative estimate of drug-likeness (QED) is 0.166. The summed E-state index contributed by atoms with van der Waals surface area (Å²) in [6.45, 7) is 7.16. The number of carboxylic acid groups (broad SMARTS) is 1. The maximum atomic E-state index is 12.8. The van der Waals surface area contributed by atoms with E-state index in [0.29, 0.717) is 47.5 Å². The molecule has 0 fully saturated rings. The van der Waals surface area contributed by atoms with Crippen LogP contribution >= 0.6 is 0 Å². The zero-order valence-corrected chi connectivity index (χ0v) is 28.3. The van der Waals surface area contributed by atoms with Gasteiger partial charge in [0.1, 0.15) is 5.60 Å². The van der Waals surface area contributed by atoms with Crippen LogP contribution in [0.15, 0.2) is 65.6 Å². The zero-order valence-electron chi connectivity index (χ0n) is 27.5. The van der Waals surface area contributed by atoms with Gasteiger partial charge in [-0.15, -0.1) is 0 Å². The van der Waals surface area contributed by atoms with Crippen LogP contribution in [-0.4, -0.2) is 55.3 Å². The van der Waals surface area contributed by atoms with E-state index < -0.39 is 33.5 Å². The van der Waals surface area contributed by atoms with E-state index in [1.54, 1.807) is 45.0 Å². The predicted molar refractivity (Wildman–Crippen MR) is 182 cm³/mol. The summed E-state index contributed by atoms with van der Waals surface area (Å²) in [5.41, 5.74) is 3.45. The Kier molecular flexibility index (Phi) is 11.5. The minimum absolute atomic E-state index is 0.0675. The summed E-state index contributed by atoms with van der Waals surface area (Å²) in [4.78, 5) is 49.3. The highest BCUT2D eigenvalue weighted by Crippen LogP contribution is 2.26. The fourth-order valence-electron chi connectivity index (χ4n) is 5.24. The average molecular weight is 679 g/mol. The van der Waals surface area contributed by atoms with Crippen LogP contribution in [-0.2, 0) is 43.5 Å². The van der Waals surface area contributed by atoms with Crippen molar-refractivity contribution in [2.24, 2.45) is 0 Å². The van der Waals surface area contributed by atoms with Crippen LogP contribution in [0.1, 0.15) is 79.2 Å². The van der Waals surface area contributed by atoms with Gasteiger partial charge in [0, 0.05) is 36.4 Å². The van der Waals surface area contributed by atoms with Crippen LogP contribution in [0.5, 0.6) is 0 Å². The van der Waals surface area contributed by atoms with Crippen LogP contribution in [0.3, 0.4) is 0 Å². The smallest absolute Gasteiger partial charge is 0.407 e. The SMILES string of the molecule is CCS(=O)(=O)c1ccc(NC(=O)CCCc2ccc(C(Nc3ccc4c(c3)C(=O)NCC4)C(=O)O)cc2)cc1CNC(=O)OC(C)(C)C. The monoisotopic (exact) mass is 678 g/mol. The molecule has 0 bridgehead atoms. The second-order valence-corrected chi connectivity index (χ2v) is 14.8. The summed E-state index contributed by atoms with van der Waals surface area (Å²) in [5, 5.41) is 21.1. The van der Waals surface area contributed by atoms with Gasteiger partial charge in [0.05, 0.1) is 10.6 Å². The van der Waals surface area contributed by atoms with Crippen LogP contribution in [0.2, 0.25) is 0 Å². The first-order valence-corrected chi connectivity index (χ1v) is 17.4. The molecule has 0 saturated heterocycles. The molecular formula is C35H42N4O8S. The lowest BCUT2D eigenvalue weighted by Crippen LogP contribution is -2.32. The first kappa shape index (κ1) is 35.9. The van der Waals surface area contributed by atoms with Crippen LogP contribution < -0.4 is 21.3 Å². The molecule has 3 amide bonds. The number of amides is 3. The zero-order chi connectivity index (χ0) is 35.1. The summed E-state index contributed by atoms with van der Waals surface area (Å²) in [7, 11) is -3.59. The van der Waals surface area contributed by atoms with Gasteiger partial charge in [0.25, 0.3) is 5.91 Å². The number of hydrogen-bond acceptors (Lipinski definition) is 8. The molecule has 0 saturated carbocycles. The molecule has 0 spiro atoms. The Balaban J connectivity index is 1.34. The van der Waals surface area contributed by atoms with E-state index in [9.17, 15) is 32.7 Å². The molecule has 13 heteroatoms. The molecule has 3 aromatic carbocycles. The molecule has 12 nitrogen and oxygen atoms in total. The van der Waals surface area contributed by atoms with Crippen molar-refractivity contribution in [3.63, 3.8) is 0 Å². The Labute approximate surface area is 280 Å². The van der Waals surface area contributed by atoms with Gasteiger partial charge in [-0.1, -0.05) is 37.3 Å². The lowest BCUT2D eigenvalue weighted by atomic mass is 9.98. The van der Waals surface area contributed by atoms with Gasteiger partial charge in [0.15, 0.2) is 15.9 Å². The summed E-state index contributed by atoms with van der Waals surface area (Å²) in [6.07, 6.45) is 1.30. The predicted octanol–water partition coefficient (Wildman–Crippen LogP) is 4.99. The number of aliphatic carboxylic acids is 1. The van der Waals surface area contributed by atoms with Crippen LogP contribution in [0, 0.1) is 0 Å². The van der Waals surface area contributed by atoms with Gasteiger partial charge in [0.2, 0.25) is 5.91 Å². The van der Waals surface area contributed by atoms with Crippen molar-refractivity contribution in [3.8, 4) is 0 Å². The third-order valence-electron chi connectivity index (χ3n) is 7.66. The number of nitrogens with one attached hydrogen (secondary N) is 4. The highest BCUT2D eigenvalue weighted by molar-refractivity contribution is 7.91. The van der Waals surface area contributed by atoms with E-state index in [0.717, 1.165) is 17.5 Å². The van der Waals surface area contributed by atoms with Crippen molar-refractivity contribution in [2.45, 2.75) is 76.5 Å². The van der Waals surface area contributed by atoms with E-state index in [1.165, 1.54) is 25.1 Å². The molecule has 5 N–H and O–H groups in total. The number of carbonyl (C=O) groups excluding carboxylic acids is 3. The lowest BCUT2D eigenvalue weighted by Gasteiger charge is -2.20. The summed E-state index contributed by atoms with van der Waals surface area (Å²) < 4.78 is 30.6. The molecule has 0 radical (unpaired) electrons. The first-order chi connectivity index (χ1) is 22.6. The van der Waals surface area contributed by atoms with Gasteiger partial charge in [-0.25, -0.2) is 18.0 Å². The molecule has 1 aliphatic heterocycles. The van der Waals surface area contributed by atoms with Gasteiger partial charge >= 0.3 is 12.1 Å². The number of rotatable bonds is 13. The van der Waals surface area contributed by atoms with Gasteiger partial charge in [-0.2, -0.15) is 0 Å². The van der Waals surface area contributed by atoms with Gasteiger partial charge in [-0.3, -0.25) is 9.59 Å². The normalized spacial score (nSPS) is 13.5. The van der Waals surface area contributed by atoms with E-state index in [-0.39, 0.29) is 35.4 Å². The van der Waals surface area contributed by atoms with Crippen molar-refractivity contribution in [1.82, 2.24) is 10.6 Å². The van der Waals surface area contributed by atoms with E-state index in [4.69, 9.17) is 4.74 Å². The molecule has 1 atom stereocenters. The molecule has 1 aliphatic rings. The van der Waals surface area contributed by atoms with Crippen molar-refractivity contribution < 1.29 is 37.4 Å². The van der Waals surface area contributed by atoms with E-state index in [1.807, 2.05) is 18.2 Å². The molecule has 0 aliphatic carbocycles. The summed E-state index contributed by atoms with van der Waals surface area (Å²) in [5.74, 6) is -1.63. The largest absolute Gasteiger partial charge is 0.479 e. The number of ether oxygens (including phenoxy) is 1. The minimum Gasteiger partial charge on any atom is -0.479 e. The third-order valence-corrected chi connectivity index (χ3v) is 9.48. The number of hydrogen-bond donors (Lipinski definition) is 5. The number of carboxylic acids is 1. The number of fused-ring (bicyclic) bond motifs is 1. The van der Waals surface area contributed by atoms with Gasteiger partial charge < -0.3 is 31.1 Å².